The number of para-hydroxylation sites is 1. The van der Waals surface area contributed by atoms with Crippen molar-refractivity contribution >= 4 is 15.5 Å². The van der Waals surface area contributed by atoms with Crippen molar-refractivity contribution in [3.05, 3.63) is 24.3 Å². The van der Waals surface area contributed by atoms with Gasteiger partial charge in [-0.05, 0) is 44.0 Å². The summed E-state index contributed by atoms with van der Waals surface area (Å²) in [4.78, 5) is 2.90. The lowest BCUT2D eigenvalue weighted by atomic mass is 10.1. The normalized spacial score (nSPS) is 17.8. The van der Waals surface area contributed by atoms with Crippen molar-refractivity contribution in [1.82, 2.24) is 4.90 Å². The van der Waals surface area contributed by atoms with Crippen molar-refractivity contribution in [1.29, 1.82) is 0 Å². The van der Waals surface area contributed by atoms with Crippen LogP contribution in [0, 0.1) is 5.92 Å². The fraction of sp³-hybridized carbons (Fsp3) is 0.625. The van der Waals surface area contributed by atoms with Crippen LogP contribution in [0.5, 0.6) is 0 Å². The molecular formula is C16H26N2O2S. The molecule has 0 aromatic heterocycles. The molecule has 4 nitrogen and oxygen atoms in total. The maximum absolute atomic E-state index is 12.1. The van der Waals surface area contributed by atoms with Gasteiger partial charge in [0, 0.05) is 13.1 Å². The van der Waals surface area contributed by atoms with E-state index in [0.29, 0.717) is 10.8 Å². The third-order valence-electron chi connectivity index (χ3n) is 4.01. The minimum Gasteiger partial charge on any atom is -0.384 e. The van der Waals surface area contributed by atoms with E-state index in [1.54, 1.807) is 19.1 Å². The van der Waals surface area contributed by atoms with E-state index in [0.717, 1.165) is 18.8 Å². The summed E-state index contributed by atoms with van der Waals surface area (Å²) in [6.07, 6.45) is 2.61. The SMILES string of the molecule is CCS(=O)(=O)c1ccccc1NCC(C)CN1CCCC1. The molecule has 1 saturated heterocycles. The molecule has 1 aliphatic heterocycles. The molecule has 5 heteroatoms. The van der Waals surface area contributed by atoms with Gasteiger partial charge in [0.15, 0.2) is 9.84 Å². The Hall–Kier alpha value is -1.07. The Morgan fingerprint density at radius 1 is 1.24 bits per heavy atom. The second kappa shape index (κ2) is 7.27. The Morgan fingerprint density at radius 2 is 1.90 bits per heavy atom. The van der Waals surface area contributed by atoms with Crippen molar-refractivity contribution in [2.24, 2.45) is 5.92 Å². The van der Waals surface area contributed by atoms with Crippen LogP contribution in [-0.4, -0.2) is 45.2 Å². The monoisotopic (exact) mass is 310 g/mol. The quantitative estimate of drug-likeness (QED) is 0.841. The highest BCUT2D eigenvalue weighted by atomic mass is 32.2. The largest absolute Gasteiger partial charge is 0.384 e. The number of hydrogen-bond donors (Lipinski definition) is 1. The van der Waals surface area contributed by atoms with Crippen molar-refractivity contribution in [2.75, 3.05) is 37.2 Å². The fourth-order valence-electron chi connectivity index (χ4n) is 2.79. The van der Waals surface area contributed by atoms with Crippen molar-refractivity contribution in [3.63, 3.8) is 0 Å². The molecule has 0 spiro atoms. The first-order valence-corrected chi connectivity index (χ1v) is 9.46. The summed E-state index contributed by atoms with van der Waals surface area (Å²) in [7, 11) is -3.17. The summed E-state index contributed by atoms with van der Waals surface area (Å²) in [5.74, 6) is 0.634. The van der Waals surface area contributed by atoms with Gasteiger partial charge in [0.1, 0.15) is 0 Å². The first-order chi connectivity index (χ1) is 10.0. The predicted molar refractivity (Wildman–Crippen MR) is 87.5 cm³/mol. The van der Waals surface area contributed by atoms with Gasteiger partial charge >= 0.3 is 0 Å². The van der Waals surface area contributed by atoms with E-state index in [2.05, 4.69) is 17.1 Å². The second-order valence-corrected chi connectivity index (χ2v) is 8.14. The van der Waals surface area contributed by atoms with E-state index >= 15 is 0 Å². The van der Waals surface area contributed by atoms with Gasteiger partial charge in [0.05, 0.1) is 16.3 Å². The summed E-state index contributed by atoms with van der Waals surface area (Å²) in [5.41, 5.74) is 0.729. The predicted octanol–water partition coefficient (Wildman–Crippen LogP) is 2.62. The van der Waals surface area contributed by atoms with Crippen LogP contribution < -0.4 is 5.32 Å². The van der Waals surface area contributed by atoms with Gasteiger partial charge in [-0.3, -0.25) is 0 Å². The molecule has 1 unspecified atom stereocenters. The highest BCUT2D eigenvalue weighted by Gasteiger charge is 2.17. The molecule has 0 saturated carbocycles. The molecule has 1 aromatic carbocycles. The molecule has 2 rings (SSSR count). The number of benzene rings is 1. The van der Waals surface area contributed by atoms with Crippen LogP contribution in [0.3, 0.4) is 0 Å². The van der Waals surface area contributed by atoms with Crippen LogP contribution >= 0.6 is 0 Å². The third-order valence-corrected chi connectivity index (χ3v) is 5.80. The summed E-state index contributed by atoms with van der Waals surface area (Å²) < 4.78 is 24.2. The Bertz CT molecular complexity index is 551. The molecule has 1 heterocycles. The van der Waals surface area contributed by atoms with Crippen LogP contribution in [0.15, 0.2) is 29.2 Å². The van der Waals surface area contributed by atoms with Gasteiger partial charge in [-0.25, -0.2) is 8.42 Å². The summed E-state index contributed by atoms with van der Waals surface area (Å²) in [6.45, 7) is 8.17. The molecule has 0 aliphatic carbocycles. The highest BCUT2D eigenvalue weighted by molar-refractivity contribution is 7.91. The van der Waals surface area contributed by atoms with E-state index in [4.69, 9.17) is 0 Å². The van der Waals surface area contributed by atoms with Gasteiger partial charge in [-0.2, -0.15) is 0 Å². The molecular weight excluding hydrogens is 284 g/mol. The van der Waals surface area contributed by atoms with E-state index in [1.807, 2.05) is 12.1 Å². The van der Waals surface area contributed by atoms with E-state index in [1.165, 1.54) is 25.9 Å². The zero-order chi connectivity index (χ0) is 15.3. The lowest BCUT2D eigenvalue weighted by molar-refractivity contribution is 0.294. The maximum Gasteiger partial charge on any atom is 0.180 e. The molecule has 0 radical (unpaired) electrons. The number of hydrogen-bond acceptors (Lipinski definition) is 4. The number of nitrogens with one attached hydrogen (secondary N) is 1. The first-order valence-electron chi connectivity index (χ1n) is 7.81. The van der Waals surface area contributed by atoms with E-state index in [9.17, 15) is 8.42 Å². The number of rotatable bonds is 7. The molecule has 1 aliphatic rings. The summed E-state index contributed by atoms with van der Waals surface area (Å²) >= 11 is 0. The average molecular weight is 310 g/mol. The van der Waals surface area contributed by atoms with Crippen LogP contribution in [0.2, 0.25) is 0 Å². The summed E-state index contributed by atoms with van der Waals surface area (Å²) in [6, 6.07) is 7.20. The van der Waals surface area contributed by atoms with Crippen LogP contribution in [0.25, 0.3) is 0 Å². The molecule has 0 amide bonds. The minimum atomic E-state index is -3.17. The minimum absolute atomic E-state index is 0.134. The molecule has 1 atom stereocenters. The van der Waals surface area contributed by atoms with Crippen molar-refractivity contribution in [3.8, 4) is 0 Å². The maximum atomic E-state index is 12.1. The average Bonchev–Trinajstić information content (AvgIpc) is 2.98. The van der Waals surface area contributed by atoms with Gasteiger partial charge in [0.25, 0.3) is 0 Å². The van der Waals surface area contributed by atoms with Gasteiger partial charge in [0.2, 0.25) is 0 Å². The third kappa shape index (κ3) is 4.45. The number of nitrogens with zero attached hydrogens (tertiary/aromatic N) is 1. The Balaban J connectivity index is 1.96. The smallest absolute Gasteiger partial charge is 0.180 e. The van der Waals surface area contributed by atoms with Crippen molar-refractivity contribution < 1.29 is 8.42 Å². The number of anilines is 1. The number of sulfone groups is 1. The molecule has 0 bridgehead atoms. The molecule has 118 valence electrons. The Kier molecular flexibility index (Phi) is 5.65. The van der Waals surface area contributed by atoms with Crippen LogP contribution in [-0.2, 0) is 9.84 Å². The standard InChI is InChI=1S/C16H26N2O2S/c1-3-21(19,20)16-9-5-4-8-15(16)17-12-14(2)13-18-10-6-7-11-18/h4-5,8-9,14,17H,3,6-7,10-13H2,1-2H3. The number of likely N-dealkylation sites (tertiary alicyclic amines) is 1. The molecule has 1 aromatic rings. The van der Waals surface area contributed by atoms with Crippen molar-refractivity contribution in [2.45, 2.75) is 31.6 Å². The zero-order valence-electron chi connectivity index (χ0n) is 13.0. The fourth-order valence-corrected chi connectivity index (χ4v) is 3.87. The lowest BCUT2D eigenvalue weighted by Crippen LogP contribution is -2.29. The lowest BCUT2D eigenvalue weighted by Gasteiger charge is -2.21. The second-order valence-electron chi connectivity index (χ2n) is 5.89. The van der Waals surface area contributed by atoms with E-state index < -0.39 is 9.84 Å². The molecule has 1 fully saturated rings. The topological polar surface area (TPSA) is 49.4 Å². The van der Waals surface area contributed by atoms with Crippen LogP contribution in [0.4, 0.5) is 5.69 Å². The highest BCUT2D eigenvalue weighted by Crippen LogP contribution is 2.22. The molecule has 1 N–H and O–H groups in total. The van der Waals surface area contributed by atoms with Gasteiger partial charge in [-0.15, -0.1) is 0 Å². The van der Waals surface area contributed by atoms with E-state index in [-0.39, 0.29) is 5.75 Å². The molecule has 21 heavy (non-hydrogen) atoms. The summed E-state index contributed by atoms with van der Waals surface area (Å²) in [5, 5.41) is 3.32. The van der Waals surface area contributed by atoms with Crippen LogP contribution in [0.1, 0.15) is 26.7 Å². The first kappa shape index (κ1) is 16.3. The zero-order valence-corrected chi connectivity index (χ0v) is 13.8. The Morgan fingerprint density at radius 3 is 2.57 bits per heavy atom. The van der Waals surface area contributed by atoms with Gasteiger partial charge < -0.3 is 10.2 Å². The van der Waals surface area contributed by atoms with Gasteiger partial charge in [-0.1, -0.05) is 26.0 Å². The Labute approximate surface area is 128 Å².